The molecular weight excluding hydrogens is 473 g/mol. The van der Waals surface area contributed by atoms with Gasteiger partial charge in [0.1, 0.15) is 11.2 Å². The minimum absolute atomic E-state index is 0.0795. The summed E-state index contributed by atoms with van der Waals surface area (Å²) in [5.74, 6) is 0. The van der Waals surface area contributed by atoms with Crippen molar-refractivity contribution in [3.05, 3.63) is 133 Å². The molecule has 0 bridgehead atoms. The van der Waals surface area contributed by atoms with Crippen LogP contribution in [0, 0.1) is 0 Å². The number of rotatable bonds is 1. The summed E-state index contributed by atoms with van der Waals surface area (Å²) in [6, 6.07) is 48.2. The molecule has 6 aromatic carbocycles. The lowest BCUT2D eigenvalue weighted by Crippen LogP contribution is -2.59. The highest BCUT2D eigenvalue weighted by Crippen LogP contribution is 2.48. The molecule has 0 aliphatic carbocycles. The average molecular weight is 495 g/mol. The molecule has 0 unspecified atom stereocenters. The Kier molecular flexibility index (Phi) is 4.17. The van der Waals surface area contributed by atoms with Crippen molar-refractivity contribution in [2.24, 2.45) is 0 Å². The van der Waals surface area contributed by atoms with E-state index in [1.165, 1.54) is 50.1 Å². The van der Waals surface area contributed by atoms with Crippen molar-refractivity contribution in [1.29, 1.82) is 0 Å². The molecule has 2 aliphatic heterocycles. The van der Waals surface area contributed by atoms with E-state index in [-0.39, 0.29) is 6.85 Å². The lowest BCUT2D eigenvalue weighted by atomic mass is 9.43. The fourth-order valence-electron chi connectivity index (χ4n) is 6.92. The van der Waals surface area contributed by atoms with Crippen LogP contribution in [0.25, 0.3) is 55.3 Å². The molecule has 39 heavy (non-hydrogen) atoms. The summed E-state index contributed by atoms with van der Waals surface area (Å²) in [5, 5.41) is 2.31. The Morgan fingerprint density at radius 1 is 0.436 bits per heavy atom. The Bertz CT molecular complexity index is 2110. The van der Waals surface area contributed by atoms with Gasteiger partial charge >= 0.3 is 6.85 Å². The zero-order valence-corrected chi connectivity index (χ0v) is 21.1. The molecule has 0 radical (unpaired) electrons. The summed E-state index contributed by atoms with van der Waals surface area (Å²) >= 11 is 0. The highest BCUT2D eigenvalue weighted by atomic mass is 16.3. The van der Waals surface area contributed by atoms with Crippen LogP contribution in [0.4, 0.5) is 11.4 Å². The Hall–Kier alpha value is -5.02. The van der Waals surface area contributed by atoms with Crippen LogP contribution in [0.5, 0.6) is 0 Å². The number of benzene rings is 6. The molecule has 0 spiro atoms. The molecule has 0 amide bonds. The minimum Gasteiger partial charge on any atom is -0.455 e. The SMILES string of the molecule is c1ccc2c(c1)B1c3cccc(-c4cccc5c4oc4ccccc45)c3-c3ccccc3N1c1ccccc1-2. The van der Waals surface area contributed by atoms with E-state index < -0.39 is 0 Å². The first-order valence-corrected chi connectivity index (χ1v) is 13.5. The molecule has 1 aromatic heterocycles. The Morgan fingerprint density at radius 3 is 1.92 bits per heavy atom. The van der Waals surface area contributed by atoms with E-state index in [9.17, 15) is 0 Å². The van der Waals surface area contributed by atoms with E-state index in [0.717, 1.165) is 27.5 Å². The Balaban J connectivity index is 1.39. The first-order valence-electron chi connectivity index (χ1n) is 13.5. The summed E-state index contributed by atoms with van der Waals surface area (Å²) in [4.78, 5) is 2.54. The van der Waals surface area contributed by atoms with Crippen LogP contribution < -0.4 is 15.7 Å². The second-order valence-corrected chi connectivity index (χ2v) is 10.4. The van der Waals surface area contributed by atoms with E-state index in [4.69, 9.17) is 4.42 Å². The minimum atomic E-state index is 0.0795. The summed E-state index contributed by atoms with van der Waals surface area (Å²) in [6.45, 7) is 0.0795. The lowest BCUT2D eigenvalue weighted by molar-refractivity contribution is 0.670. The summed E-state index contributed by atoms with van der Waals surface area (Å²) < 4.78 is 6.52. The highest BCUT2D eigenvalue weighted by molar-refractivity contribution is 6.92. The normalized spacial score (nSPS) is 13.0. The smallest absolute Gasteiger partial charge is 0.329 e. The summed E-state index contributed by atoms with van der Waals surface area (Å²) in [6.07, 6.45) is 0. The van der Waals surface area contributed by atoms with Gasteiger partial charge in [-0.1, -0.05) is 115 Å². The summed E-state index contributed by atoms with van der Waals surface area (Å²) in [5.41, 5.74) is 14.5. The number of fused-ring (bicyclic) bond motifs is 14. The van der Waals surface area contributed by atoms with Gasteiger partial charge in [-0.15, -0.1) is 0 Å². The second kappa shape index (κ2) is 7.75. The standard InChI is InChI=1S/C36H22BNO/c1-5-18-30-23(11-1)24-12-2-6-20-32(24)38-33-21-7-3-14-29(33)35-26(15-10-19-31(35)37(30)38)28-17-9-16-27-25-13-4-8-22-34(25)39-36(27)28/h1-22H. The predicted octanol–water partition coefficient (Wildman–Crippen LogP) is 8.16. The fraction of sp³-hybridized carbons (Fsp3) is 0. The van der Waals surface area contributed by atoms with Crippen LogP contribution >= 0.6 is 0 Å². The second-order valence-electron chi connectivity index (χ2n) is 10.4. The molecular formula is C36H22BNO. The van der Waals surface area contributed by atoms with E-state index in [1.807, 2.05) is 6.07 Å². The third-order valence-electron chi connectivity index (χ3n) is 8.49. The lowest BCUT2D eigenvalue weighted by Gasteiger charge is -2.43. The van der Waals surface area contributed by atoms with Gasteiger partial charge < -0.3 is 9.23 Å². The van der Waals surface area contributed by atoms with Crippen molar-refractivity contribution in [2.45, 2.75) is 0 Å². The predicted molar refractivity (Wildman–Crippen MR) is 164 cm³/mol. The monoisotopic (exact) mass is 495 g/mol. The van der Waals surface area contributed by atoms with Gasteiger partial charge in [-0.3, -0.25) is 0 Å². The van der Waals surface area contributed by atoms with E-state index in [0.29, 0.717) is 0 Å². The van der Waals surface area contributed by atoms with E-state index in [2.05, 4.69) is 132 Å². The van der Waals surface area contributed by atoms with E-state index in [1.54, 1.807) is 0 Å². The molecule has 0 fully saturated rings. The number of hydrogen-bond acceptors (Lipinski definition) is 2. The quantitative estimate of drug-likeness (QED) is 0.214. The number of anilines is 2. The molecule has 180 valence electrons. The molecule has 0 N–H and O–H groups in total. The number of furan rings is 1. The third-order valence-corrected chi connectivity index (χ3v) is 8.49. The molecule has 2 aliphatic rings. The van der Waals surface area contributed by atoms with Crippen LogP contribution in [0.15, 0.2) is 138 Å². The molecule has 0 saturated heterocycles. The Morgan fingerprint density at radius 2 is 1.03 bits per heavy atom. The first kappa shape index (κ1) is 21.0. The van der Waals surface area contributed by atoms with Crippen molar-refractivity contribution in [3.63, 3.8) is 0 Å². The highest BCUT2D eigenvalue weighted by Gasteiger charge is 2.42. The summed E-state index contributed by atoms with van der Waals surface area (Å²) in [7, 11) is 0. The largest absolute Gasteiger partial charge is 0.455 e. The number of para-hydroxylation sites is 4. The van der Waals surface area contributed by atoms with Crippen molar-refractivity contribution in [2.75, 3.05) is 4.81 Å². The maximum absolute atomic E-state index is 6.52. The van der Waals surface area contributed by atoms with Gasteiger partial charge in [0, 0.05) is 38.8 Å². The topological polar surface area (TPSA) is 16.4 Å². The molecule has 0 saturated carbocycles. The van der Waals surface area contributed by atoms with Gasteiger partial charge in [0.2, 0.25) is 0 Å². The van der Waals surface area contributed by atoms with Crippen LogP contribution in [0.1, 0.15) is 0 Å². The zero-order valence-electron chi connectivity index (χ0n) is 21.1. The molecule has 2 nitrogen and oxygen atoms in total. The van der Waals surface area contributed by atoms with Crippen LogP contribution in [-0.2, 0) is 0 Å². The number of nitrogens with zero attached hydrogens (tertiary/aromatic N) is 1. The fourth-order valence-corrected chi connectivity index (χ4v) is 6.92. The molecule has 0 atom stereocenters. The molecule has 3 heteroatoms. The Labute approximate surface area is 226 Å². The van der Waals surface area contributed by atoms with Crippen molar-refractivity contribution in [1.82, 2.24) is 0 Å². The van der Waals surface area contributed by atoms with Crippen molar-refractivity contribution >= 4 is 51.1 Å². The van der Waals surface area contributed by atoms with Crippen LogP contribution in [-0.4, -0.2) is 6.85 Å². The molecule has 3 heterocycles. The van der Waals surface area contributed by atoms with Crippen LogP contribution in [0.3, 0.4) is 0 Å². The van der Waals surface area contributed by atoms with Gasteiger partial charge in [-0.2, -0.15) is 0 Å². The van der Waals surface area contributed by atoms with Gasteiger partial charge in [0.15, 0.2) is 0 Å². The van der Waals surface area contributed by atoms with Crippen molar-refractivity contribution < 1.29 is 4.42 Å². The van der Waals surface area contributed by atoms with Gasteiger partial charge in [0.25, 0.3) is 0 Å². The van der Waals surface area contributed by atoms with Crippen molar-refractivity contribution in [3.8, 4) is 33.4 Å². The molecule has 7 aromatic rings. The number of hydrogen-bond donors (Lipinski definition) is 0. The average Bonchev–Trinajstić information content (AvgIpc) is 3.39. The van der Waals surface area contributed by atoms with Gasteiger partial charge in [0.05, 0.1) is 0 Å². The van der Waals surface area contributed by atoms with Crippen LogP contribution in [0.2, 0.25) is 0 Å². The maximum Gasteiger partial charge on any atom is 0.329 e. The van der Waals surface area contributed by atoms with Gasteiger partial charge in [-0.25, -0.2) is 0 Å². The van der Waals surface area contributed by atoms with E-state index >= 15 is 0 Å². The maximum atomic E-state index is 6.52. The van der Waals surface area contributed by atoms with Gasteiger partial charge in [-0.05, 0) is 45.8 Å². The first-order chi connectivity index (χ1) is 19.4. The molecule has 9 rings (SSSR count). The third kappa shape index (κ3) is 2.77. The zero-order chi connectivity index (χ0) is 25.5.